The van der Waals surface area contributed by atoms with E-state index in [0.29, 0.717) is 0 Å². The lowest BCUT2D eigenvalue weighted by atomic mass is 10.4. The average Bonchev–Trinajstić information content (AvgIpc) is 2.37. The molecule has 2 rings (SSSR count). The van der Waals surface area contributed by atoms with Crippen LogP contribution in [0.5, 0.6) is 0 Å². The van der Waals surface area contributed by atoms with Crippen molar-refractivity contribution >= 4 is 42.9 Å². The van der Waals surface area contributed by atoms with E-state index in [1.54, 1.807) is 0 Å². The molecule has 2 aromatic rings. The zero-order valence-corrected chi connectivity index (χ0v) is 8.17. The summed E-state index contributed by atoms with van der Waals surface area (Å²) in [6, 6.07) is 1.48. The fraction of sp³-hybridized carbons (Fsp3) is 0. The topological polar surface area (TPSA) is 54.4 Å². The largest absolute Gasteiger partial charge is 0.304 e. The van der Waals surface area contributed by atoms with E-state index >= 15 is 0 Å². The molecule has 0 spiro atoms. The minimum atomic E-state index is -4.01. The fourth-order valence-corrected chi connectivity index (χ4v) is 3.58. The Bertz CT molecular complexity index is 476. The van der Waals surface area contributed by atoms with Gasteiger partial charge >= 0.3 is 10.1 Å². The Balaban J connectivity index is 2.75. The maximum Gasteiger partial charge on any atom is 0.304 e. The molecule has 2 heterocycles. The highest BCUT2D eigenvalue weighted by Gasteiger charge is 2.13. The van der Waals surface area contributed by atoms with Crippen LogP contribution >= 0.6 is 22.7 Å². The molecule has 0 radical (unpaired) electrons. The molecular formula is C6H4O3S3. The summed E-state index contributed by atoms with van der Waals surface area (Å²) in [5.74, 6) is 0. The van der Waals surface area contributed by atoms with Crippen LogP contribution in [0.15, 0.2) is 21.0 Å². The Labute approximate surface area is 77.0 Å². The molecule has 0 bridgehead atoms. The first kappa shape index (κ1) is 8.18. The number of fused-ring (bicyclic) bond motifs is 1. The minimum Gasteiger partial charge on any atom is -0.281 e. The Morgan fingerprint density at radius 1 is 1.33 bits per heavy atom. The standard InChI is InChI=1S/C6H4O3S3/c7-12(8,9)6-1-4-2-10-3-5(4)11-6/h1-3H,(H,7,8,9). The molecule has 0 atom stereocenters. The van der Waals surface area contributed by atoms with Crippen LogP contribution in [0.25, 0.3) is 10.1 Å². The van der Waals surface area contributed by atoms with E-state index in [4.69, 9.17) is 4.55 Å². The van der Waals surface area contributed by atoms with Crippen molar-refractivity contribution in [2.24, 2.45) is 0 Å². The summed E-state index contributed by atoms with van der Waals surface area (Å²) >= 11 is 2.60. The molecule has 0 unspecified atom stereocenters. The Morgan fingerprint density at radius 3 is 2.67 bits per heavy atom. The van der Waals surface area contributed by atoms with Gasteiger partial charge in [0.1, 0.15) is 4.21 Å². The van der Waals surface area contributed by atoms with E-state index in [1.807, 2.05) is 10.8 Å². The second kappa shape index (κ2) is 2.53. The lowest BCUT2D eigenvalue weighted by Gasteiger charge is -1.85. The monoisotopic (exact) mass is 220 g/mol. The average molecular weight is 220 g/mol. The third-order valence-corrected chi connectivity index (χ3v) is 4.70. The van der Waals surface area contributed by atoms with Gasteiger partial charge in [-0.1, -0.05) is 0 Å². The van der Waals surface area contributed by atoms with E-state index in [9.17, 15) is 8.42 Å². The summed E-state index contributed by atoms with van der Waals surface area (Å²) in [4.78, 5) is 0. The molecule has 3 nitrogen and oxygen atoms in total. The number of hydrogen-bond acceptors (Lipinski definition) is 4. The highest BCUT2D eigenvalue weighted by molar-refractivity contribution is 7.88. The van der Waals surface area contributed by atoms with E-state index in [2.05, 4.69) is 0 Å². The number of thiophene rings is 2. The normalized spacial score (nSPS) is 12.4. The highest BCUT2D eigenvalue weighted by Crippen LogP contribution is 2.31. The van der Waals surface area contributed by atoms with Gasteiger partial charge in [0.25, 0.3) is 0 Å². The predicted octanol–water partition coefficient (Wildman–Crippen LogP) is 2.21. The third kappa shape index (κ3) is 1.27. The lowest BCUT2D eigenvalue weighted by Crippen LogP contribution is -1.93. The van der Waals surface area contributed by atoms with Gasteiger partial charge < -0.3 is 0 Å². The molecule has 0 aliphatic rings. The molecule has 0 fully saturated rings. The molecule has 0 aliphatic carbocycles. The van der Waals surface area contributed by atoms with Crippen LogP contribution in [0.3, 0.4) is 0 Å². The van der Waals surface area contributed by atoms with Gasteiger partial charge in [0.2, 0.25) is 0 Å². The maximum atomic E-state index is 10.7. The van der Waals surface area contributed by atoms with Crippen LogP contribution in [-0.2, 0) is 10.1 Å². The summed E-state index contributed by atoms with van der Waals surface area (Å²) in [5, 5.41) is 4.58. The van der Waals surface area contributed by atoms with Crippen LogP contribution in [0.2, 0.25) is 0 Å². The summed E-state index contributed by atoms with van der Waals surface area (Å²) in [6.45, 7) is 0. The Hall–Kier alpha value is -0.430. The molecule has 0 saturated heterocycles. The Morgan fingerprint density at radius 2 is 2.08 bits per heavy atom. The van der Waals surface area contributed by atoms with Crippen molar-refractivity contribution in [2.75, 3.05) is 0 Å². The van der Waals surface area contributed by atoms with Crippen molar-refractivity contribution in [3.63, 3.8) is 0 Å². The van der Waals surface area contributed by atoms with Crippen molar-refractivity contribution in [3.8, 4) is 0 Å². The van der Waals surface area contributed by atoms with Crippen molar-refractivity contribution < 1.29 is 13.0 Å². The molecule has 6 heteroatoms. The van der Waals surface area contributed by atoms with Crippen LogP contribution in [-0.4, -0.2) is 13.0 Å². The molecule has 0 aromatic carbocycles. The van der Waals surface area contributed by atoms with Crippen molar-refractivity contribution in [2.45, 2.75) is 4.21 Å². The lowest BCUT2D eigenvalue weighted by molar-refractivity contribution is 0.485. The maximum absolute atomic E-state index is 10.7. The second-order valence-electron chi connectivity index (χ2n) is 2.23. The quantitative estimate of drug-likeness (QED) is 0.750. The van der Waals surface area contributed by atoms with Gasteiger partial charge in [0, 0.05) is 15.5 Å². The van der Waals surface area contributed by atoms with E-state index in [-0.39, 0.29) is 4.21 Å². The summed E-state index contributed by atoms with van der Waals surface area (Å²) in [7, 11) is -4.01. The van der Waals surface area contributed by atoms with Gasteiger partial charge in [0.05, 0.1) is 0 Å². The SMILES string of the molecule is O=S(=O)(O)c1cc2cscc2s1. The summed E-state index contributed by atoms with van der Waals surface area (Å²) < 4.78 is 30.9. The van der Waals surface area contributed by atoms with Crippen LogP contribution in [0.1, 0.15) is 0 Å². The number of hydrogen-bond donors (Lipinski definition) is 1. The van der Waals surface area contributed by atoms with Gasteiger partial charge in [0.15, 0.2) is 0 Å². The van der Waals surface area contributed by atoms with Crippen LogP contribution in [0, 0.1) is 0 Å². The molecule has 12 heavy (non-hydrogen) atoms. The van der Waals surface area contributed by atoms with E-state index in [1.165, 1.54) is 17.4 Å². The zero-order chi connectivity index (χ0) is 8.77. The highest BCUT2D eigenvalue weighted by atomic mass is 32.3. The van der Waals surface area contributed by atoms with Crippen molar-refractivity contribution in [1.29, 1.82) is 0 Å². The molecule has 64 valence electrons. The zero-order valence-electron chi connectivity index (χ0n) is 5.72. The van der Waals surface area contributed by atoms with Gasteiger partial charge in [-0.15, -0.1) is 11.3 Å². The molecule has 0 saturated carbocycles. The molecule has 1 N–H and O–H groups in total. The number of rotatable bonds is 1. The first-order chi connectivity index (χ1) is 5.57. The van der Waals surface area contributed by atoms with Gasteiger partial charge in [-0.3, -0.25) is 4.55 Å². The summed E-state index contributed by atoms with van der Waals surface area (Å²) in [5.41, 5.74) is 0. The molecule has 0 amide bonds. The Kier molecular flexibility index (Phi) is 1.72. The van der Waals surface area contributed by atoms with E-state index < -0.39 is 10.1 Å². The van der Waals surface area contributed by atoms with Gasteiger partial charge in [-0.25, -0.2) is 0 Å². The van der Waals surface area contributed by atoms with Gasteiger partial charge in [-0.05, 0) is 11.4 Å². The van der Waals surface area contributed by atoms with Crippen molar-refractivity contribution in [3.05, 3.63) is 16.8 Å². The van der Waals surface area contributed by atoms with E-state index in [0.717, 1.165) is 21.4 Å². The molecule has 0 aliphatic heterocycles. The first-order valence-electron chi connectivity index (χ1n) is 3.00. The minimum absolute atomic E-state index is 0.0142. The second-order valence-corrected chi connectivity index (χ2v) is 5.71. The van der Waals surface area contributed by atoms with Crippen LogP contribution < -0.4 is 0 Å². The smallest absolute Gasteiger partial charge is 0.281 e. The first-order valence-corrected chi connectivity index (χ1v) is 6.20. The molecular weight excluding hydrogens is 216 g/mol. The molecule has 2 aromatic heterocycles. The predicted molar refractivity (Wildman–Crippen MR) is 49.5 cm³/mol. The fourth-order valence-electron chi connectivity index (χ4n) is 0.875. The summed E-state index contributed by atoms with van der Waals surface area (Å²) in [6.07, 6.45) is 0. The third-order valence-electron chi connectivity index (χ3n) is 1.39. The van der Waals surface area contributed by atoms with Gasteiger partial charge in [-0.2, -0.15) is 19.8 Å². The van der Waals surface area contributed by atoms with Crippen molar-refractivity contribution in [1.82, 2.24) is 0 Å². The van der Waals surface area contributed by atoms with Crippen LogP contribution in [0.4, 0.5) is 0 Å².